The highest BCUT2D eigenvalue weighted by molar-refractivity contribution is 7.80. The minimum Gasteiger partial charge on any atom is -0.171 e. The first-order chi connectivity index (χ1) is 7.33. The molecule has 0 amide bonds. The Morgan fingerprint density at radius 2 is 1.56 bits per heavy atom. The van der Waals surface area contributed by atoms with E-state index in [1.807, 2.05) is 0 Å². The molecule has 1 unspecified atom stereocenters. The van der Waals surface area contributed by atoms with Gasteiger partial charge >= 0.3 is 0 Å². The molecule has 0 nitrogen and oxygen atoms in total. The van der Waals surface area contributed by atoms with Crippen molar-refractivity contribution in [3.8, 4) is 0 Å². The molecule has 0 aliphatic heterocycles. The molecule has 1 aromatic rings. The lowest BCUT2D eigenvalue weighted by atomic mass is 9.78. The molecule has 0 radical (unpaired) electrons. The average molecular weight is 236 g/mol. The smallest absolute Gasteiger partial charge is 0.0238 e. The summed E-state index contributed by atoms with van der Waals surface area (Å²) in [7, 11) is 0. The SMILES string of the molecule is CC(C)CC(C)(C)c1ccc(C(C)S)cc1. The van der Waals surface area contributed by atoms with Gasteiger partial charge < -0.3 is 0 Å². The Labute approximate surface area is 106 Å². The Hall–Kier alpha value is -0.430. The summed E-state index contributed by atoms with van der Waals surface area (Å²) in [4.78, 5) is 0. The minimum absolute atomic E-state index is 0.270. The molecule has 1 rings (SSSR count). The lowest BCUT2D eigenvalue weighted by Gasteiger charge is -2.27. The Kier molecular flexibility index (Phi) is 4.49. The van der Waals surface area contributed by atoms with E-state index >= 15 is 0 Å². The molecule has 0 aromatic heterocycles. The summed E-state index contributed by atoms with van der Waals surface area (Å²) >= 11 is 4.45. The van der Waals surface area contributed by atoms with E-state index < -0.39 is 0 Å². The second kappa shape index (κ2) is 5.27. The van der Waals surface area contributed by atoms with Crippen LogP contribution in [0.25, 0.3) is 0 Å². The van der Waals surface area contributed by atoms with Crippen molar-refractivity contribution in [1.82, 2.24) is 0 Å². The number of thiol groups is 1. The van der Waals surface area contributed by atoms with Crippen LogP contribution in [0, 0.1) is 5.92 Å². The molecule has 0 heterocycles. The molecule has 0 bridgehead atoms. The average Bonchev–Trinajstić information content (AvgIpc) is 2.16. The summed E-state index contributed by atoms with van der Waals surface area (Å²) in [6.07, 6.45) is 1.22. The van der Waals surface area contributed by atoms with Crippen molar-refractivity contribution in [3.05, 3.63) is 35.4 Å². The topological polar surface area (TPSA) is 0 Å². The normalized spacial score (nSPS) is 14.2. The van der Waals surface area contributed by atoms with Gasteiger partial charge in [0.05, 0.1) is 0 Å². The number of hydrogen-bond acceptors (Lipinski definition) is 1. The first-order valence-corrected chi connectivity index (χ1v) is 6.63. The molecule has 0 aliphatic carbocycles. The maximum absolute atomic E-state index is 4.45. The van der Waals surface area contributed by atoms with E-state index in [9.17, 15) is 0 Å². The Bertz CT molecular complexity index is 320. The highest BCUT2D eigenvalue weighted by Gasteiger charge is 2.21. The third-order valence-corrected chi connectivity index (χ3v) is 3.39. The Morgan fingerprint density at radius 1 is 1.06 bits per heavy atom. The third kappa shape index (κ3) is 3.55. The summed E-state index contributed by atoms with van der Waals surface area (Å²) < 4.78 is 0. The first-order valence-electron chi connectivity index (χ1n) is 6.11. The van der Waals surface area contributed by atoms with Gasteiger partial charge in [0, 0.05) is 5.25 Å². The molecule has 1 atom stereocenters. The van der Waals surface area contributed by atoms with E-state index in [0.717, 1.165) is 5.92 Å². The van der Waals surface area contributed by atoms with Gasteiger partial charge in [-0.25, -0.2) is 0 Å². The standard InChI is InChI=1S/C15H24S/c1-11(2)10-15(4,5)14-8-6-13(7-9-14)12(3)16/h6-9,11-12,16H,10H2,1-5H3. The monoisotopic (exact) mass is 236 g/mol. The fraction of sp³-hybridized carbons (Fsp3) is 0.600. The van der Waals surface area contributed by atoms with Gasteiger partial charge in [0.1, 0.15) is 0 Å². The van der Waals surface area contributed by atoms with E-state index in [2.05, 4.69) is 71.5 Å². The molecule has 1 heteroatoms. The lowest BCUT2D eigenvalue weighted by Crippen LogP contribution is -2.19. The van der Waals surface area contributed by atoms with Gasteiger partial charge in [-0.05, 0) is 35.8 Å². The fourth-order valence-electron chi connectivity index (χ4n) is 2.35. The van der Waals surface area contributed by atoms with Crippen LogP contribution in [0.2, 0.25) is 0 Å². The van der Waals surface area contributed by atoms with Crippen LogP contribution >= 0.6 is 12.6 Å². The van der Waals surface area contributed by atoms with E-state index in [1.165, 1.54) is 17.5 Å². The van der Waals surface area contributed by atoms with Crippen molar-refractivity contribution in [2.45, 2.75) is 51.7 Å². The van der Waals surface area contributed by atoms with Gasteiger partial charge in [0.2, 0.25) is 0 Å². The van der Waals surface area contributed by atoms with Crippen LogP contribution in [0.15, 0.2) is 24.3 Å². The van der Waals surface area contributed by atoms with E-state index in [-0.39, 0.29) is 5.41 Å². The van der Waals surface area contributed by atoms with Gasteiger partial charge in [-0.1, -0.05) is 52.0 Å². The maximum atomic E-state index is 4.45. The first kappa shape index (κ1) is 13.6. The minimum atomic E-state index is 0.270. The predicted octanol–water partition coefficient (Wildman–Crippen LogP) is 5.00. The molecular weight excluding hydrogens is 212 g/mol. The molecule has 0 saturated carbocycles. The molecule has 90 valence electrons. The van der Waals surface area contributed by atoms with Crippen LogP contribution in [0.1, 0.15) is 57.4 Å². The second-order valence-corrected chi connectivity index (χ2v) is 6.55. The van der Waals surface area contributed by atoms with E-state index in [1.54, 1.807) is 0 Å². The zero-order valence-electron chi connectivity index (χ0n) is 11.1. The molecule has 0 spiro atoms. The predicted molar refractivity (Wildman–Crippen MR) is 76.3 cm³/mol. The summed E-state index contributed by atoms with van der Waals surface area (Å²) in [6.45, 7) is 11.3. The molecule has 0 fully saturated rings. The summed E-state index contributed by atoms with van der Waals surface area (Å²) in [5, 5.41) is 0.322. The summed E-state index contributed by atoms with van der Waals surface area (Å²) in [5.74, 6) is 0.735. The van der Waals surface area contributed by atoms with Gasteiger partial charge in [-0.3, -0.25) is 0 Å². The summed E-state index contributed by atoms with van der Waals surface area (Å²) in [5.41, 5.74) is 3.00. The largest absolute Gasteiger partial charge is 0.171 e. The number of rotatable bonds is 4. The number of benzene rings is 1. The lowest BCUT2D eigenvalue weighted by molar-refractivity contribution is 0.399. The van der Waals surface area contributed by atoms with Crippen LogP contribution in [-0.4, -0.2) is 0 Å². The third-order valence-electron chi connectivity index (χ3n) is 3.09. The van der Waals surface area contributed by atoms with Crippen molar-refractivity contribution in [2.24, 2.45) is 5.92 Å². The van der Waals surface area contributed by atoms with E-state index in [0.29, 0.717) is 5.25 Å². The maximum Gasteiger partial charge on any atom is 0.0238 e. The molecular formula is C15H24S. The van der Waals surface area contributed by atoms with Gasteiger partial charge in [-0.15, -0.1) is 0 Å². The molecule has 16 heavy (non-hydrogen) atoms. The van der Waals surface area contributed by atoms with Crippen LogP contribution < -0.4 is 0 Å². The van der Waals surface area contributed by atoms with Crippen LogP contribution in [-0.2, 0) is 5.41 Å². The highest BCUT2D eigenvalue weighted by atomic mass is 32.1. The van der Waals surface area contributed by atoms with Gasteiger partial charge in [0.15, 0.2) is 0 Å². The van der Waals surface area contributed by atoms with Crippen molar-refractivity contribution in [2.75, 3.05) is 0 Å². The second-order valence-electron chi connectivity index (χ2n) is 5.78. The summed E-state index contributed by atoms with van der Waals surface area (Å²) in [6, 6.07) is 8.92. The quantitative estimate of drug-likeness (QED) is 0.699. The van der Waals surface area contributed by atoms with Crippen molar-refractivity contribution < 1.29 is 0 Å². The fourth-order valence-corrected chi connectivity index (χ4v) is 2.52. The van der Waals surface area contributed by atoms with Crippen molar-refractivity contribution in [1.29, 1.82) is 0 Å². The van der Waals surface area contributed by atoms with Crippen LogP contribution in [0.5, 0.6) is 0 Å². The molecule has 0 aliphatic rings. The zero-order chi connectivity index (χ0) is 12.3. The van der Waals surface area contributed by atoms with Crippen molar-refractivity contribution in [3.63, 3.8) is 0 Å². The molecule has 0 saturated heterocycles. The van der Waals surface area contributed by atoms with Gasteiger partial charge in [0.25, 0.3) is 0 Å². The Morgan fingerprint density at radius 3 is 1.94 bits per heavy atom. The Balaban J connectivity index is 2.88. The highest BCUT2D eigenvalue weighted by Crippen LogP contribution is 2.31. The molecule has 0 N–H and O–H groups in total. The zero-order valence-corrected chi connectivity index (χ0v) is 12.0. The van der Waals surface area contributed by atoms with E-state index in [4.69, 9.17) is 0 Å². The molecule has 1 aromatic carbocycles. The van der Waals surface area contributed by atoms with Crippen molar-refractivity contribution >= 4 is 12.6 Å². The van der Waals surface area contributed by atoms with Crippen LogP contribution in [0.4, 0.5) is 0 Å². The van der Waals surface area contributed by atoms with Crippen LogP contribution in [0.3, 0.4) is 0 Å². The van der Waals surface area contributed by atoms with Gasteiger partial charge in [-0.2, -0.15) is 12.6 Å². The number of hydrogen-bond donors (Lipinski definition) is 1.